The van der Waals surface area contributed by atoms with Crippen LogP contribution in [0.5, 0.6) is 0 Å². The first-order chi connectivity index (χ1) is 9.97. The molecule has 0 radical (unpaired) electrons. The molecule has 4 nitrogen and oxygen atoms in total. The Labute approximate surface area is 126 Å². The van der Waals surface area contributed by atoms with Gasteiger partial charge in [-0.2, -0.15) is 0 Å². The predicted molar refractivity (Wildman–Crippen MR) is 82.3 cm³/mol. The first kappa shape index (κ1) is 16.0. The number of aryl methyl sites for hydroxylation is 1. The van der Waals surface area contributed by atoms with Crippen LogP contribution in [0.25, 0.3) is 0 Å². The van der Waals surface area contributed by atoms with E-state index in [2.05, 4.69) is 23.5 Å². The Balaban J connectivity index is 2.14. The minimum atomic E-state index is -3.44. The minimum Gasteiger partial charge on any atom is -0.395 e. The number of aliphatic hydroxyl groups is 1. The largest absolute Gasteiger partial charge is 0.395 e. The second-order valence-electron chi connectivity index (χ2n) is 5.38. The van der Waals surface area contributed by atoms with Gasteiger partial charge in [0.15, 0.2) is 0 Å². The molecule has 2 rings (SSSR count). The standard InChI is InChI=1S/C16H21NO3S/c1-3-13-11-16(13)17-21(19,20)15-8-7-14(12(2)10-15)6-4-5-9-18/h7-8,10,13,16-18H,3,5,9,11H2,1-2H3. The molecule has 1 fully saturated rings. The maximum Gasteiger partial charge on any atom is 0.240 e. The molecule has 5 heteroatoms. The van der Waals surface area contributed by atoms with Crippen molar-refractivity contribution in [2.24, 2.45) is 5.92 Å². The number of nitrogens with one attached hydrogen (secondary N) is 1. The average molecular weight is 307 g/mol. The number of sulfonamides is 1. The van der Waals surface area contributed by atoms with Gasteiger partial charge in [0.1, 0.15) is 0 Å². The fourth-order valence-corrected chi connectivity index (χ4v) is 3.67. The smallest absolute Gasteiger partial charge is 0.240 e. The third-order valence-corrected chi connectivity index (χ3v) is 5.21. The van der Waals surface area contributed by atoms with Gasteiger partial charge in [0.25, 0.3) is 0 Å². The van der Waals surface area contributed by atoms with Crippen LogP contribution in [-0.4, -0.2) is 26.2 Å². The topological polar surface area (TPSA) is 66.4 Å². The predicted octanol–water partition coefficient (Wildman–Crippen LogP) is 1.81. The number of benzene rings is 1. The molecule has 1 aromatic carbocycles. The lowest BCUT2D eigenvalue weighted by Crippen LogP contribution is -2.27. The van der Waals surface area contributed by atoms with E-state index in [1.807, 2.05) is 6.92 Å². The third-order valence-electron chi connectivity index (χ3n) is 3.72. The molecule has 2 unspecified atom stereocenters. The molecule has 1 aromatic rings. The highest BCUT2D eigenvalue weighted by molar-refractivity contribution is 7.89. The Morgan fingerprint density at radius 2 is 2.19 bits per heavy atom. The van der Waals surface area contributed by atoms with Gasteiger partial charge in [-0.15, -0.1) is 0 Å². The molecule has 114 valence electrons. The molecule has 1 aliphatic rings. The molecule has 0 saturated heterocycles. The van der Waals surface area contributed by atoms with E-state index < -0.39 is 10.0 Å². The van der Waals surface area contributed by atoms with Crippen LogP contribution in [0.1, 0.15) is 37.3 Å². The highest BCUT2D eigenvalue weighted by atomic mass is 32.2. The van der Waals surface area contributed by atoms with Crippen molar-refractivity contribution in [1.29, 1.82) is 0 Å². The van der Waals surface area contributed by atoms with Crippen molar-refractivity contribution < 1.29 is 13.5 Å². The fraction of sp³-hybridized carbons (Fsp3) is 0.500. The van der Waals surface area contributed by atoms with Gasteiger partial charge < -0.3 is 5.11 Å². The van der Waals surface area contributed by atoms with Gasteiger partial charge >= 0.3 is 0 Å². The highest BCUT2D eigenvalue weighted by Crippen LogP contribution is 2.34. The molecule has 2 N–H and O–H groups in total. The molecular formula is C16H21NO3S. The zero-order valence-electron chi connectivity index (χ0n) is 12.4. The molecule has 0 bridgehead atoms. The monoisotopic (exact) mass is 307 g/mol. The molecule has 1 aliphatic carbocycles. The van der Waals surface area contributed by atoms with Gasteiger partial charge in [0.05, 0.1) is 11.5 Å². The van der Waals surface area contributed by atoms with Crippen LogP contribution >= 0.6 is 0 Å². The van der Waals surface area contributed by atoms with E-state index in [9.17, 15) is 8.42 Å². The van der Waals surface area contributed by atoms with Crippen molar-refractivity contribution in [3.63, 3.8) is 0 Å². The van der Waals surface area contributed by atoms with Crippen molar-refractivity contribution >= 4 is 10.0 Å². The van der Waals surface area contributed by atoms with E-state index >= 15 is 0 Å². The lowest BCUT2D eigenvalue weighted by atomic mass is 10.1. The first-order valence-electron chi connectivity index (χ1n) is 7.20. The van der Waals surface area contributed by atoms with Gasteiger partial charge in [-0.3, -0.25) is 0 Å². The summed E-state index contributed by atoms with van der Waals surface area (Å²) in [6.45, 7) is 3.94. The molecular weight excluding hydrogens is 286 g/mol. The van der Waals surface area contributed by atoms with Crippen molar-refractivity contribution in [2.45, 2.75) is 44.0 Å². The average Bonchev–Trinajstić information content (AvgIpc) is 3.18. The zero-order valence-corrected chi connectivity index (χ0v) is 13.2. The summed E-state index contributed by atoms with van der Waals surface area (Å²) in [7, 11) is -3.44. The van der Waals surface area contributed by atoms with Crippen LogP contribution in [0.3, 0.4) is 0 Å². The van der Waals surface area contributed by atoms with E-state index in [-0.39, 0.29) is 17.5 Å². The van der Waals surface area contributed by atoms with Crippen molar-refractivity contribution in [1.82, 2.24) is 4.72 Å². The van der Waals surface area contributed by atoms with E-state index in [1.54, 1.807) is 18.2 Å². The number of hydrogen-bond donors (Lipinski definition) is 2. The van der Waals surface area contributed by atoms with Crippen LogP contribution in [0.15, 0.2) is 23.1 Å². The van der Waals surface area contributed by atoms with Crippen LogP contribution in [0, 0.1) is 24.7 Å². The second-order valence-corrected chi connectivity index (χ2v) is 7.10. The quantitative estimate of drug-likeness (QED) is 0.815. The number of hydrogen-bond acceptors (Lipinski definition) is 3. The van der Waals surface area contributed by atoms with Crippen molar-refractivity contribution in [2.75, 3.05) is 6.61 Å². The van der Waals surface area contributed by atoms with Gasteiger partial charge in [-0.05, 0) is 43.0 Å². The van der Waals surface area contributed by atoms with Crippen LogP contribution < -0.4 is 4.72 Å². The van der Waals surface area contributed by atoms with E-state index in [4.69, 9.17) is 5.11 Å². The normalized spacial score (nSPS) is 20.7. The van der Waals surface area contributed by atoms with Crippen molar-refractivity contribution in [3.05, 3.63) is 29.3 Å². The fourth-order valence-electron chi connectivity index (χ4n) is 2.27. The summed E-state index contributed by atoms with van der Waals surface area (Å²) < 4.78 is 27.3. The summed E-state index contributed by atoms with van der Waals surface area (Å²) in [5, 5.41) is 8.71. The Bertz CT molecular complexity index is 670. The molecule has 0 aromatic heterocycles. The number of rotatable bonds is 5. The molecule has 0 heterocycles. The zero-order chi connectivity index (χ0) is 15.5. The summed E-state index contributed by atoms with van der Waals surface area (Å²) in [5.74, 6) is 6.25. The molecule has 0 aliphatic heterocycles. The van der Waals surface area contributed by atoms with E-state index in [1.165, 1.54) is 0 Å². The Hall–Kier alpha value is -1.35. The maximum absolute atomic E-state index is 12.3. The molecule has 2 atom stereocenters. The molecule has 1 saturated carbocycles. The SMILES string of the molecule is CCC1CC1NS(=O)(=O)c1ccc(C#CCCO)c(C)c1. The number of aliphatic hydroxyl groups excluding tert-OH is 1. The first-order valence-corrected chi connectivity index (χ1v) is 8.69. The van der Waals surface area contributed by atoms with Gasteiger partial charge in [-0.1, -0.05) is 25.2 Å². The molecule has 0 spiro atoms. The lowest BCUT2D eigenvalue weighted by molar-refractivity contribution is 0.305. The van der Waals surface area contributed by atoms with Gasteiger partial charge in [0.2, 0.25) is 10.0 Å². The van der Waals surface area contributed by atoms with Crippen molar-refractivity contribution in [3.8, 4) is 11.8 Å². The van der Waals surface area contributed by atoms with E-state index in [0.29, 0.717) is 12.3 Å². The highest BCUT2D eigenvalue weighted by Gasteiger charge is 2.38. The molecule has 0 amide bonds. The van der Waals surface area contributed by atoms with Crippen LogP contribution in [0.4, 0.5) is 0 Å². The molecule has 21 heavy (non-hydrogen) atoms. The third kappa shape index (κ3) is 4.07. The Morgan fingerprint density at radius 3 is 2.76 bits per heavy atom. The van der Waals surface area contributed by atoms with Crippen LogP contribution in [-0.2, 0) is 10.0 Å². The Kier molecular flexibility index (Phi) is 5.04. The summed E-state index contributed by atoms with van der Waals surface area (Å²) in [4.78, 5) is 0.287. The summed E-state index contributed by atoms with van der Waals surface area (Å²) in [5.41, 5.74) is 1.62. The summed E-state index contributed by atoms with van der Waals surface area (Å²) in [6.07, 6.45) is 2.35. The minimum absolute atomic E-state index is 0.0302. The summed E-state index contributed by atoms with van der Waals surface area (Å²) in [6, 6.07) is 5.04. The van der Waals surface area contributed by atoms with Crippen LogP contribution in [0.2, 0.25) is 0 Å². The van der Waals surface area contributed by atoms with E-state index in [0.717, 1.165) is 24.0 Å². The van der Waals surface area contributed by atoms with Gasteiger partial charge in [0, 0.05) is 18.0 Å². The summed E-state index contributed by atoms with van der Waals surface area (Å²) >= 11 is 0. The van der Waals surface area contributed by atoms with Gasteiger partial charge in [-0.25, -0.2) is 13.1 Å². The Morgan fingerprint density at radius 1 is 1.43 bits per heavy atom. The lowest BCUT2D eigenvalue weighted by Gasteiger charge is -2.08. The maximum atomic E-state index is 12.3. The second kappa shape index (κ2) is 6.61.